The van der Waals surface area contributed by atoms with Crippen molar-refractivity contribution in [3.8, 4) is 0 Å². The lowest BCUT2D eigenvalue weighted by Crippen LogP contribution is -2.08. The third kappa shape index (κ3) is 1.45. The monoisotopic (exact) mass is 173 g/mol. The zero-order valence-electron chi connectivity index (χ0n) is 7.73. The van der Waals surface area contributed by atoms with Gasteiger partial charge in [0.05, 0.1) is 11.7 Å². The number of hydrogen-bond donors (Lipinski definition) is 0. The molecule has 0 aliphatic carbocycles. The van der Waals surface area contributed by atoms with Gasteiger partial charge in [0.15, 0.2) is 0 Å². The number of fused-ring (bicyclic) bond motifs is 1. The van der Waals surface area contributed by atoms with Crippen molar-refractivity contribution in [2.75, 3.05) is 19.0 Å². The highest BCUT2D eigenvalue weighted by Crippen LogP contribution is 2.17. The van der Waals surface area contributed by atoms with Crippen molar-refractivity contribution in [1.29, 1.82) is 0 Å². The van der Waals surface area contributed by atoms with Gasteiger partial charge in [-0.15, -0.1) is 0 Å². The third-order valence-electron chi connectivity index (χ3n) is 2.01. The van der Waals surface area contributed by atoms with Crippen molar-refractivity contribution < 1.29 is 0 Å². The summed E-state index contributed by atoms with van der Waals surface area (Å²) in [4.78, 5) is 2.07. The minimum Gasteiger partial charge on any atom is -0.378 e. The molecule has 0 bridgehead atoms. The molecule has 1 heterocycles. The van der Waals surface area contributed by atoms with Crippen molar-refractivity contribution in [2.24, 2.45) is 0 Å². The normalized spacial score (nSPS) is 10.3. The molecule has 66 valence electrons. The van der Waals surface area contributed by atoms with Crippen molar-refractivity contribution >= 4 is 16.6 Å². The van der Waals surface area contributed by atoms with Gasteiger partial charge in [0, 0.05) is 25.2 Å². The van der Waals surface area contributed by atoms with Crippen LogP contribution in [0.1, 0.15) is 0 Å². The van der Waals surface area contributed by atoms with Gasteiger partial charge >= 0.3 is 0 Å². The number of anilines is 1. The van der Waals surface area contributed by atoms with Gasteiger partial charge in [-0.2, -0.15) is 10.2 Å². The quantitative estimate of drug-likeness (QED) is 0.657. The van der Waals surface area contributed by atoms with Gasteiger partial charge in [0.1, 0.15) is 0 Å². The van der Waals surface area contributed by atoms with E-state index in [9.17, 15) is 0 Å². The van der Waals surface area contributed by atoms with Crippen molar-refractivity contribution in [3.63, 3.8) is 0 Å². The van der Waals surface area contributed by atoms with Gasteiger partial charge in [-0.1, -0.05) is 0 Å². The third-order valence-corrected chi connectivity index (χ3v) is 2.01. The second-order valence-electron chi connectivity index (χ2n) is 3.17. The fraction of sp³-hybridized carbons (Fsp3) is 0.200. The van der Waals surface area contributed by atoms with E-state index in [1.807, 2.05) is 32.3 Å². The van der Waals surface area contributed by atoms with Crippen LogP contribution in [0.5, 0.6) is 0 Å². The predicted molar refractivity (Wildman–Crippen MR) is 53.9 cm³/mol. The first-order valence-corrected chi connectivity index (χ1v) is 4.16. The number of rotatable bonds is 1. The van der Waals surface area contributed by atoms with E-state index in [-0.39, 0.29) is 0 Å². The van der Waals surface area contributed by atoms with E-state index in [1.165, 1.54) is 5.69 Å². The first-order chi connectivity index (χ1) is 6.27. The molecule has 0 spiro atoms. The van der Waals surface area contributed by atoms with Gasteiger partial charge in [-0.05, 0) is 24.3 Å². The summed E-state index contributed by atoms with van der Waals surface area (Å²) >= 11 is 0. The van der Waals surface area contributed by atoms with Gasteiger partial charge in [0.2, 0.25) is 0 Å². The van der Waals surface area contributed by atoms with Crippen LogP contribution in [0.4, 0.5) is 5.69 Å². The molecule has 1 aromatic carbocycles. The van der Waals surface area contributed by atoms with E-state index in [2.05, 4.69) is 21.2 Å². The van der Waals surface area contributed by atoms with Gasteiger partial charge < -0.3 is 4.90 Å². The molecule has 0 saturated heterocycles. The molecule has 3 heteroatoms. The summed E-state index contributed by atoms with van der Waals surface area (Å²) in [6.07, 6.45) is 1.71. The molecule has 1 aromatic heterocycles. The highest BCUT2D eigenvalue weighted by Gasteiger charge is 1.97. The molecule has 0 aliphatic heterocycles. The number of nitrogens with zero attached hydrogens (tertiary/aromatic N) is 3. The highest BCUT2D eigenvalue weighted by atomic mass is 15.1. The zero-order valence-corrected chi connectivity index (χ0v) is 7.73. The average Bonchev–Trinajstić information content (AvgIpc) is 2.17. The Labute approximate surface area is 77.0 Å². The first-order valence-electron chi connectivity index (χ1n) is 4.16. The molecule has 0 amide bonds. The average molecular weight is 173 g/mol. The topological polar surface area (TPSA) is 29.0 Å². The molecule has 2 aromatic rings. The molecule has 0 N–H and O–H groups in total. The molecule has 2 rings (SSSR count). The molecule has 0 fully saturated rings. The molecule has 0 aliphatic rings. The summed E-state index contributed by atoms with van der Waals surface area (Å²) in [6, 6.07) is 8.09. The van der Waals surface area contributed by atoms with E-state index in [0.717, 1.165) is 10.9 Å². The fourth-order valence-corrected chi connectivity index (χ4v) is 1.25. The smallest absolute Gasteiger partial charge is 0.0931 e. The van der Waals surface area contributed by atoms with Gasteiger partial charge in [-0.3, -0.25) is 0 Å². The lowest BCUT2D eigenvalue weighted by Gasteiger charge is -2.12. The van der Waals surface area contributed by atoms with Crippen LogP contribution >= 0.6 is 0 Å². The van der Waals surface area contributed by atoms with E-state index in [0.29, 0.717) is 0 Å². The van der Waals surface area contributed by atoms with E-state index >= 15 is 0 Å². The Kier molecular flexibility index (Phi) is 1.85. The summed E-state index contributed by atoms with van der Waals surface area (Å²) in [5.74, 6) is 0. The molecule has 0 radical (unpaired) electrons. The second-order valence-corrected chi connectivity index (χ2v) is 3.17. The van der Waals surface area contributed by atoms with Gasteiger partial charge in [-0.25, -0.2) is 0 Å². The van der Waals surface area contributed by atoms with Crippen molar-refractivity contribution in [2.45, 2.75) is 0 Å². The minimum atomic E-state index is 0.938. The summed E-state index contributed by atoms with van der Waals surface area (Å²) in [5.41, 5.74) is 2.12. The number of hydrogen-bond acceptors (Lipinski definition) is 3. The van der Waals surface area contributed by atoms with Crippen molar-refractivity contribution in [1.82, 2.24) is 10.2 Å². The predicted octanol–water partition coefficient (Wildman–Crippen LogP) is 1.70. The summed E-state index contributed by atoms with van der Waals surface area (Å²) < 4.78 is 0. The second kappa shape index (κ2) is 3.01. The molecule has 13 heavy (non-hydrogen) atoms. The Balaban J connectivity index is 2.62. The number of aromatic nitrogens is 2. The fourth-order valence-electron chi connectivity index (χ4n) is 1.25. The Bertz CT molecular complexity index is 423. The minimum absolute atomic E-state index is 0.938. The zero-order chi connectivity index (χ0) is 9.26. The molecule has 3 nitrogen and oxygen atoms in total. The molecular weight excluding hydrogens is 162 g/mol. The highest BCUT2D eigenvalue weighted by molar-refractivity contribution is 5.81. The van der Waals surface area contributed by atoms with Crippen LogP contribution in [-0.4, -0.2) is 24.3 Å². The Morgan fingerprint density at radius 2 is 2.00 bits per heavy atom. The van der Waals surface area contributed by atoms with Crippen LogP contribution < -0.4 is 4.90 Å². The maximum atomic E-state index is 4.01. The Morgan fingerprint density at radius 1 is 1.15 bits per heavy atom. The van der Waals surface area contributed by atoms with Crippen LogP contribution in [0.3, 0.4) is 0 Å². The Morgan fingerprint density at radius 3 is 2.77 bits per heavy atom. The first kappa shape index (κ1) is 7.98. The van der Waals surface area contributed by atoms with Crippen LogP contribution in [-0.2, 0) is 0 Å². The van der Waals surface area contributed by atoms with Crippen LogP contribution in [0.25, 0.3) is 10.9 Å². The lowest BCUT2D eigenvalue weighted by molar-refractivity contribution is 1.07. The van der Waals surface area contributed by atoms with Crippen LogP contribution in [0.2, 0.25) is 0 Å². The molecule has 0 atom stereocenters. The maximum absolute atomic E-state index is 4.01. The summed E-state index contributed by atoms with van der Waals surface area (Å²) in [7, 11) is 4.05. The van der Waals surface area contributed by atoms with Crippen LogP contribution in [0, 0.1) is 0 Å². The van der Waals surface area contributed by atoms with Crippen LogP contribution in [0.15, 0.2) is 30.5 Å². The standard InChI is InChI=1S/C10H11N3/c1-13(2)9-3-4-10-8(7-9)5-6-11-12-10/h3-7H,1-2H3. The molecular formula is C10H11N3. The number of benzene rings is 1. The molecule has 0 saturated carbocycles. The van der Waals surface area contributed by atoms with E-state index < -0.39 is 0 Å². The van der Waals surface area contributed by atoms with E-state index in [4.69, 9.17) is 0 Å². The largest absolute Gasteiger partial charge is 0.378 e. The summed E-state index contributed by atoms with van der Waals surface area (Å²) in [6.45, 7) is 0. The summed E-state index contributed by atoms with van der Waals surface area (Å²) in [5, 5.41) is 8.96. The molecule has 0 unspecified atom stereocenters. The SMILES string of the molecule is CN(C)c1ccc2nnccc2c1. The maximum Gasteiger partial charge on any atom is 0.0931 e. The lowest BCUT2D eigenvalue weighted by atomic mass is 10.2. The van der Waals surface area contributed by atoms with E-state index in [1.54, 1.807) is 6.20 Å². The Hall–Kier alpha value is -1.64. The van der Waals surface area contributed by atoms with Crippen molar-refractivity contribution in [3.05, 3.63) is 30.5 Å². The van der Waals surface area contributed by atoms with Gasteiger partial charge in [0.25, 0.3) is 0 Å².